The Bertz CT molecular complexity index is 373. The maximum atomic E-state index is 11.4. The quantitative estimate of drug-likeness (QED) is 0.669. The Hall–Kier alpha value is -1.88. The molecule has 0 unspecified atom stereocenters. The number of nitrogens with one attached hydrogen (secondary N) is 2. The van der Waals surface area contributed by atoms with E-state index in [1.807, 2.05) is 19.1 Å². The van der Waals surface area contributed by atoms with E-state index < -0.39 is 0 Å². The molecular weight excluding hydrogens is 206 g/mol. The molecule has 1 rings (SSSR count). The van der Waals surface area contributed by atoms with Crippen LogP contribution >= 0.6 is 0 Å². The molecule has 1 aromatic carbocycles. The fourth-order valence-corrected chi connectivity index (χ4v) is 1.09. The van der Waals surface area contributed by atoms with Crippen LogP contribution < -0.4 is 16.4 Å². The van der Waals surface area contributed by atoms with Crippen LogP contribution in [-0.2, 0) is 9.59 Å². The highest BCUT2D eigenvalue weighted by Gasteiger charge is 2.03. The van der Waals surface area contributed by atoms with Crippen LogP contribution in [0.4, 0.5) is 5.69 Å². The van der Waals surface area contributed by atoms with Crippen LogP contribution in [0.5, 0.6) is 0 Å². The van der Waals surface area contributed by atoms with Gasteiger partial charge >= 0.3 is 0 Å². The number of hydrogen-bond acceptors (Lipinski definition) is 3. The Kier molecular flexibility index (Phi) is 4.47. The van der Waals surface area contributed by atoms with Crippen molar-refractivity contribution in [1.29, 1.82) is 0 Å². The molecule has 4 N–H and O–H groups in total. The molecule has 86 valence electrons. The third-order valence-electron chi connectivity index (χ3n) is 1.97. The van der Waals surface area contributed by atoms with Gasteiger partial charge in [0.15, 0.2) is 0 Å². The Morgan fingerprint density at radius 1 is 1.19 bits per heavy atom. The average molecular weight is 221 g/mol. The van der Waals surface area contributed by atoms with E-state index in [-0.39, 0.29) is 24.9 Å². The Morgan fingerprint density at radius 3 is 2.38 bits per heavy atom. The van der Waals surface area contributed by atoms with Crippen molar-refractivity contribution in [2.75, 3.05) is 18.4 Å². The first-order chi connectivity index (χ1) is 7.61. The summed E-state index contributed by atoms with van der Waals surface area (Å²) in [6, 6.07) is 7.40. The summed E-state index contributed by atoms with van der Waals surface area (Å²) in [6.45, 7) is 1.79. The molecule has 0 aliphatic heterocycles. The highest BCUT2D eigenvalue weighted by atomic mass is 16.2. The molecule has 0 spiro atoms. The van der Waals surface area contributed by atoms with Gasteiger partial charge in [0.1, 0.15) is 0 Å². The van der Waals surface area contributed by atoms with Gasteiger partial charge in [-0.25, -0.2) is 0 Å². The summed E-state index contributed by atoms with van der Waals surface area (Å²) in [5.41, 5.74) is 6.91. The lowest BCUT2D eigenvalue weighted by Gasteiger charge is -2.06. The third-order valence-corrected chi connectivity index (χ3v) is 1.97. The predicted molar refractivity (Wildman–Crippen MR) is 61.9 cm³/mol. The molecule has 5 nitrogen and oxygen atoms in total. The normalized spacial score (nSPS) is 9.62. The maximum absolute atomic E-state index is 11.4. The lowest BCUT2D eigenvalue weighted by molar-refractivity contribution is -0.123. The average Bonchev–Trinajstić information content (AvgIpc) is 2.29. The van der Waals surface area contributed by atoms with E-state index in [4.69, 9.17) is 5.73 Å². The summed E-state index contributed by atoms with van der Waals surface area (Å²) in [7, 11) is 0. The molecule has 0 saturated heterocycles. The monoisotopic (exact) mass is 221 g/mol. The van der Waals surface area contributed by atoms with E-state index in [1.54, 1.807) is 12.1 Å². The highest BCUT2D eigenvalue weighted by molar-refractivity contribution is 5.94. The minimum Gasteiger partial charge on any atom is -0.346 e. The molecule has 0 aliphatic rings. The molecule has 0 heterocycles. The fourth-order valence-electron chi connectivity index (χ4n) is 1.09. The molecule has 0 bridgehead atoms. The van der Waals surface area contributed by atoms with E-state index in [2.05, 4.69) is 10.6 Å². The topological polar surface area (TPSA) is 84.2 Å². The van der Waals surface area contributed by atoms with Crippen LogP contribution in [0.3, 0.4) is 0 Å². The van der Waals surface area contributed by atoms with Crippen LogP contribution in [0.1, 0.15) is 5.56 Å². The van der Waals surface area contributed by atoms with Crippen molar-refractivity contribution in [2.24, 2.45) is 5.73 Å². The molecule has 5 heteroatoms. The molecular formula is C11H15N3O2. The van der Waals surface area contributed by atoms with Gasteiger partial charge in [0.2, 0.25) is 11.8 Å². The number of amides is 2. The minimum absolute atomic E-state index is 0.0656. The van der Waals surface area contributed by atoms with E-state index >= 15 is 0 Å². The molecule has 0 saturated carbocycles. The Labute approximate surface area is 94.0 Å². The number of hydrogen-bond donors (Lipinski definition) is 3. The van der Waals surface area contributed by atoms with Crippen LogP contribution in [0.25, 0.3) is 0 Å². The molecule has 0 fully saturated rings. The van der Waals surface area contributed by atoms with Gasteiger partial charge in [-0.05, 0) is 19.1 Å². The van der Waals surface area contributed by atoms with Gasteiger partial charge in [0.25, 0.3) is 0 Å². The van der Waals surface area contributed by atoms with Crippen LogP contribution in [0.15, 0.2) is 24.3 Å². The summed E-state index contributed by atoms with van der Waals surface area (Å²) < 4.78 is 0. The maximum Gasteiger partial charge on any atom is 0.243 e. The van der Waals surface area contributed by atoms with Gasteiger partial charge in [-0.2, -0.15) is 0 Å². The van der Waals surface area contributed by atoms with Crippen molar-refractivity contribution in [3.63, 3.8) is 0 Å². The van der Waals surface area contributed by atoms with E-state index in [1.165, 1.54) is 0 Å². The van der Waals surface area contributed by atoms with Gasteiger partial charge in [-0.3, -0.25) is 9.59 Å². The van der Waals surface area contributed by atoms with Crippen molar-refractivity contribution >= 4 is 17.5 Å². The number of aryl methyl sites for hydroxylation is 1. The summed E-state index contributed by atoms with van der Waals surface area (Å²) in [5.74, 6) is -0.621. The summed E-state index contributed by atoms with van der Waals surface area (Å²) in [5, 5.41) is 5.04. The zero-order chi connectivity index (χ0) is 12.0. The van der Waals surface area contributed by atoms with Crippen molar-refractivity contribution < 1.29 is 9.59 Å². The molecule has 0 atom stereocenters. The Morgan fingerprint density at radius 2 is 1.81 bits per heavy atom. The van der Waals surface area contributed by atoms with Crippen molar-refractivity contribution in [3.05, 3.63) is 29.8 Å². The zero-order valence-electron chi connectivity index (χ0n) is 9.12. The molecule has 2 amide bonds. The Balaban J connectivity index is 2.40. The van der Waals surface area contributed by atoms with Gasteiger partial charge < -0.3 is 16.4 Å². The first kappa shape index (κ1) is 12.2. The molecule has 0 radical (unpaired) electrons. The molecule has 16 heavy (non-hydrogen) atoms. The van der Waals surface area contributed by atoms with Crippen molar-refractivity contribution in [3.8, 4) is 0 Å². The second-order valence-corrected chi connectivity index (χ2v) is 3.40. The predicted octanol–water partition coefficient (Wildman–Crippen LogP) is 0.00842. The van der Waals surface area contributed by atoms with E-state index in [0.717, 1.165) is 5.56 Å². The van der Waals surface area contributed by atoms with Crippen molar-refractivity contribution in [2.45, 2.75) is 6.92 Å². The highest BCUT2D eigenvalue weighted by Crippen LogP contribution is 2.07. The summed E-state index contributed by atoms with van der Waals surface area (Å²) in [4.78, 5) is 22.1. The third kappa shape index (κ3) is 4.10. The van der Waals surface area contributed by atoms with Gasteiger partial charge in [-0.1, -0.05) is 17.7 Å². The smallest absolute Gasteiger partial charge is 0.243 e. The summed E-state index contributed by atoms with van der Waals surface area (Å²) in [6.07, 6.45) is 0. The number of rotatable bonds is 4. The van der Waals surface area contributed by atoms with Gasteiger partial charge in [0, 0.05) is 5.69 Å². The molecule has 0 aliphatic carbocycles. The lowest BCUT2D eigenvalue weighted by Crippen LogP contribution is -2.36. The molecule has 1 aromatic rings. The summed E-state index contributed by atoms with van der Waals surface area (Å²) >= 11 is 0. The molecule has 0 aromatic heterocycles. The van der Waals surface area contributed by atoms with Crippen LogP contribution in [0.2, 0.25) is 0 Å². The largest absolute Gasteiger partial charge is 0.346 e. The second-order valence-electron chi connectivity index (χ2n) is 3.40. The van der Waals surface area contributed by atoms with E-state index in [0.29, 0.717) is 5.69 Å². The number of carbonyl (C=O) groups is 2. The number of anilines is 1. The zero-order valence-corrected chi connectivity index (χ0v) is 9.12. The minimum atomic E-state index is -0.348. The van der Waals surface area contributed by atoms with Crippen molar-refractivity contribution in [1.82, 2.24) is 5.32 Å². The fraction of sp³-hybridized carbons (Fsp3) is 0.273. The van der Waals surface area contributed by atoms with Gasteiger partial charge in [-0.15, -0.1) is 0 Å². The first-order valence-electron chi connectivity index (χ1n) is 4.95. The standard InChI is InChI=1S/C11H15N3O2/c1-8-2-4-9(5-3-8)14-11(16)7-13-10(15)6-12/h2-5H,6-7,12H2,1H3,(H,13,15)(H,14,16). The lowest BCUT2D eigenvalue weighted by atomic mass is 10.2. The number of nitrogens with two attached hydrogens (primary N) is 1. The first-order valence-corrected chi connectivity index (χ1v) is 4.95. The number of carbonyl (C=O) groups excluding carboxylic acids is 2. The van der Waals surface area contributed by atoms with Crippen LogP contribution in [0, 0.1) is 6.92 Å². The van der Waals surface area contributed by atoms with Gasteiger partial charge in [0.05, 0.1) is 13.1 Å². The van der Waals surface area contributed by atoms with Crippen LogP contribution in [-0.4, -0.2) is 24.9 Å². The number of benzene rings is 1. The SMILES string of the molecule is Cc1ccc(NC(=O)CNC(=O)CN)cc1. The second kappa shape index (κ2) is 5.87. The van der Waals surface area contributed by atoms with E-state index in [9.17, 15) is 9.59 Å².